The molecule has 4 atom stereocenters. The quantitative estimate of drug-likeness (QED) is 0.270. The molecule has 190 valence electrons. The fraction of sp³-hybridized carbons (Fsp3) is 0.520. The number of alkyl carbamates (subject to hydrolysis) is 1. The third-order valence-electron chi connectivity index (χ3n) is 5.42. The maximum Gasteiger partial charge on any atom is 0.408 e. The highest BCUT2D eigenvalue weighted by Gasteiger charge is 2.48. The van der Waals surface area contributed by atoms with Crippen molar-refractivity contribution in [1.82, 2.24) is 15.5 Å². The van der Waals surface area contributed by atoms with Crippen LogP contribution in [0, 0.1) is 18.3 Å². The minimum absolute atomic E-state index is 0.0248. The highest BCUT2D eigenvalue weighted by Crippen LogP contribution is 2.41. The second-order valence-corrected chi connectivity index (χ2v) is 9.70. The number of nitrogens with one attached hydrogen (secondary N) is 2. The van der Waals surface area contributed by atoms with E-state index in [4.69, 9.17) is 11.2 Å². The number of esters is 1. The average Bonchev–Trinajstić information content (AvgIpc) is 3.53. The zero-order chi connectivity index (χ0) is 26.3. The number of benzene rings is 1. The van der Waals surface area contributed by atoms with Crippen LogP contribution in [0.4, 0.5) is 4.79 Å². The molecule has 3 amide bonds. The van der Waals surface area contributed by atoms with Gasteiger partial charge in [0, 0.05) is 17.4 Å². The molecule has 0 bridgehead atoms. The lowest BCUT2D eigenvalue weighted by Gasteiger charge is -2.35. The van der Waals surface area contributed by atoms with Gasteiger partial charge in [-0.15, -0.1) is 6.42 Å². The van der Waals surface area contributed by atoms with Gasteiger partial charge in [-0.3, -0.25) is 14.4 Å². The van der Waals surface area contributed by atoms with Crippen molar-refractivity contribution in [2.24, 2.45) is 5.92 Å². The van der Waals surface area contributed by atoms with Gasteiger partial charge in [0.25, 0.3) is 0 Å². The van der Waals surface area contributed by atoms with E-state index in [-0.39, 0.29) is 24.3 Å². The SMILES string of the molecule is C#Cc1ccccc1C(C(=O)NCC(=O)OC)N(C(=O)C(CS)NC(=O)OC(C)(C)C)C1CC1C. The number of terminal acetylenes is 1. The summed E-state index contributed by atoms with van der Waals surface area (Å²) in [5.74, 6) is 0.909. The number of carbonyl (C=O) groups excluding carboxylic acids is 4. The van der Waals surface area contributed by atoms with E-state index in [0.29, 0.717) is 17.5 Å². The van der Waals surface area contributed by atoms with Crippen LogP contribution >= 0.6 is 12.6 Å². The molecule has 4 unspecified atom stereocenters. The van der Waals surface area contributed by atoms with Crippen LogP contribution in [-0.2, 0) is 23.9 Å². The Morgan fingerprint density at radius 2 is 1.89 bits per heavy atom. The van der Waals surface area contributed by atoms with Crippen LogP contribution < -0.4 is 10.6 Å². The first kappa shape index (κ1) is 28.1. The zero-order valence-corrected chi connectivity index (χ0v) is 21.6. The molecular weight excluding hydrogens is 470 g/mol. The van der Waals surface area contributed by atoms with Gasteiger partial charge in [0.1, 0.15) is 24.2 Å². The van der Waals surface area contributed by atoms with E-state index in [9.17, 15) is 19.2 Å². The Balaban J connectivity index is 2.47. The highest BCUT2D eigenvalue weighted by molar-refractivity contribution is 7.80. The van der Waals surface area contributed by atoms with E-state index in [2.05, 4.69) is 33.9 Å². The maximum absolute atomic E-state index is 13.8. The smallest absolute Gasteiger partial charge is 0.408 e. The molecule has 0 heterocycles. The Hall–Kier alpha value is -3.19. The van der Waals surface area contributed by atoms with Crippen LogP contribution in [0.3, 0.4) is 0 Å². The van der Waals surface area contributed by atoms with Crippen molar-refractivity contribution in [2.75, 3.05) is 19.4 Å². The molecule has 2 N–H and O–H groups in total. The van der Waals surface area contributed by atoms with Gasteiger partial charge in [-0.2, -0.15) is 12.6 Å². The second kappa shape index (κ2) is 12.0. The molecule has 2 rings (SSSR count). The van der Waals surface area contributed by atoms with Crippen molar-refractivity contribution in [3.8, 4) is 12.3 Å². The molecule has 0 spiro atoms. The molecule has 1 aliphatic rings. The number of nitrogens with zero attached hydrogens (tertiary/aromatic N) is 1. The van der Waals surface area contributed by atoms with E-state index in [0.717, 1.165) is 0 Å². The summed E-state index contributed by atoms with van der Waals surface area (Å²) in [6, 6.07) is 4.31. The number of thiol groups is 1. The third-order valence-corrected chi connectivity index (χ3v) is 5.79. The number of hydrogen-bond donors (Lipinski definition) is 3. The van der Waals surface area contributed by atoms with Crippen molar-refractivity contribution in [3.63, 3.8) is 0 Å². The lowest BCUT2D eigenvalue weighted by Crippen LogP contribution is -2.55. The van der Waals surface area contributed by atoms with E-state index in [1.54, 1.807) is 45.0 Å². The van der Waals surface area contributed by atoms with Crippen LogP contribution in [0.2, 0.25) is 0 Å². The summed E-state index contributed by atoms with van der Waals surface area (Å²) >= 11 is 4.26. The average molecular weight is 504 g/mol. The Labute approximate surface area is 211 Å². The standard InChI is InChI=1S/C25H33N3O6S/c1-7-16-10-8-9-11-17(16)21(22(30)26-13-20(29)33-6)28(19-12-15(19)2)23(31)18(14-35)27-24(32)34-25(3,4)5/h1,8-11,15,18-19,21,35H,12-14H2,2-6H3,(H,26,30)(H,27,32). The molecule has 10 heteroatoms. The van der Waals surface area contributed by atoms with Crippen molar-refractivity contribution in [1.29, 1.82) is 0 Å². The van der Waals surface area contributed by atoms with E-state index < -0.39 is 41.6 Å². The minimum atomic E-state index is -1.14. The number of carbonyl (C=O) groups is 4. The van der Waals surface area contributed by atoms with Crippen LogP contribution in [0.15, 0.2) is 24.3 Å². The number of hydrogen-bond acceptors (Lipinski definition) is 7. The molecule has 1 aromatic rings. The first-order valence-corrected chi connectivity index (χ1v) is 11.9. The van der Waals surface area contributed by atoms with Gasteiger partial charge in [0.05, 0.1) is 7.11 Å². The van der Waals surface area contributed by atoms with Gasteiger partial charge in [0.2, 0.25) is 11.8 Å². The Kier molecular flexibility index (Phi) is 9.60. The highest BCUT2D eigenvalue weighted by atomic mass is 32.1. The van der Waals surface area contributed by atoms with Gasteiger partial charge in [-0.25, -0.2) is 4.79 Å². The fourth-order valence-corrected chi connectivity index (χ4v) is 3.85. The molecule has 1 fully saturated rings. The molecular formula is C25H33N3O6S. The Morgan fingerprint density at radius 3 is 2.40 bits per heavy atom. The minimum Gasteiger partial charge on any atom is -0.468 e. The number of methoxy groups -OCH3 is 1. The van der Waals surface area contributed by atoms with Gasteiger partial charge >= 0.3 is 12.1 Å². The van der Waals surface area contributed by atoms with Gasteiger partial charge in [0.15, 0.2) is 0 Å². The maximum atomic E-state index is 13.8. The van der Waals surface area contributed by atoms with Gasteiger partial charge in [-0.05, 0) is 44.7 Å². The van der Waals surface area contributed by atoms with Crippen molar-refractivity contribution in [3.05, 3.63) is 35.4 Å². The van der Waals surface area contributed by atoms with E-state index in [1.807, 2.05) is 6.92 Å². The van der Waals surface area contributed by atoms with E-state index in [1.165, 1.54) is 12.0 Å². The number of rotatable bonds is 9. The molecule has 1 saturated carbocycles. The fourth-order valence-electron chi connectivity index (χ4n) is 3.60. The number of amides is 3. The van der Waals surface area contributed by atoms with E-state index >= 15 is 0 Å². The lowest BCUT2D eigenvalue weighted by atomic mass is 9.97. The summed E-state index contributed by atoms with van der Waals surface area (Å²) < 4.78 is 9.91. The van der Waals surface area contributed by atoms with Crippen LogP contribution in [0.1, 0.15) is 51.3 Å². The summed E-state index contributed by atoms with van der Waals surface area (Å²) in [6.07, 6.45) is 5.58. The predicted octanol–water partition coefficient (Wildman–Crippen LogP) is 2.06. The molecule has 1 aromatic carbocycles. The third kappa shape index (κ3) is 7.65. The normalized spacial score (nSPS) is 18.3. The topological polar surface area (TPSA) is 114 Å². The largest absolute Gasteiger partial charge is 0.468 e. The van der Waals surface area contributed by atoms with Crippen LogP contribution in [0.25, 0.3) is 0 Å². The van der Waals surface area contributed by atoms with Crippen LogP contribution in [0.5, 0.6) is 0 Å². The number of ether oxygens (including phenoxy) is 2. The summed E-state index contributed by atoms with van der Waals surface area (Å²) in [5, 5.41) is 5.10. The van der Waals surface area contributed by atoms with Crippen molar-refractivity contribution >= 4 is 36.5 Å². The van der Waals surface area contributed by atoms with Gasteiger partial charge < -0.3 is 25.0 Å². The molecule has 35 heavy (non-hydrogen) atoms. The molecule has 0 aromatic heterocycles. The Bertz CT molecular complexity index is 1000. The molecule has 0 aliphatic heterocycles. The first-order valence-electron chi connectivity index (χ1n) is 11.3. The van der Waals surface area contributed by atoms with Gasteiger partial charge in [-0.1, -0.05) is 31.0 Å². The lowest BCUT2D eigenvalue weighted by molar-refractivity contribution is -0.145. The van der Waals surface area contributed by atoms with Crippen molar-refractivity contribution < 1.29 is 28.7 Å². The Morgan fingerprint density at radius 1 is 1.26 bits per heavy atom. The second-order valence-electron chi connectivity index (χ2n) is 9.34. The predicted molar refractivity (Wildman–Crippen MR) is 134 cm³/mol. The molecule has 0 radical (unpaired) electrons. The zero-order valence-electron chi connectivity index (χ0n) is 20.7. The molecule has 0 saturated heterocycles. The summed E-state index contributed by atoms with van der Waals surface area (Å²) in [6.45, 7) is 6.71. The molecule has 1 aliphatic carbocycles. The summed E-state index contributed by atoms with van der Waals surface area (Å²) in [4.78, 5) is 52.7. The summed E-state index contributed by atoms with van der Waals surface area (Å²) in [5.41, 5.74) is 0.0976. The molecule has 9 nitrogen and oxygen atoms in total. The first-order chi connectivity index (χ1) is 16.4. The monoisotopic (exact) mass is 503 g/mol. The van der Waals surface area contributed by atoms with Crippen molar-refractivity contribution in [2.45, 2.75) is 57.8 Å². The summed E-state index contributed by atoms with van der Waals surface area (Å²) in [7, 11) is 1.21. The van der Waals surface area contributed by atoms with Crippen LogP contribution in [-0.4, -0.2) is 65.9 Å².